The molecule has 1 aliphatic carbocycles. The van der Waals surface area contributed by atoms with Gasteiger partial charge in [0.05, 0.1) is 44.5 Å². The normalized spacial score (nSPS) is 17.9. The third kappa shape index (κ3) is 5.23. The minimum absolute atomic E-state index is 0. The van der Waals surface area contributed by atoms with Gasteiger partial charge in [-0.25, -0.2) is 4.39 Å². The van der Waals surface area contributed by atoms with E-state index in [2.05, 4.69) is 4.90 Å². The summed E-state index contributed by atoms with van der Waals surface area (Å²) in [6.07, 6.45) is 1.86. The fourth-order valence-electron chi connectivity index (χ4n) is 5.56. The molecule has 1 fully saturated rings. The van der Waals surface area contributed by atoms with Crippen molar-refractivity contribution in [2.45, 2.75) is 64.1 Å². The number of nitrogens with one attached hydrogen (secondary N) is 1. The Morgan fingerprint density at radius 2 is 1.88 bits per heavy atom. The molecule has 0 radical (unpaired) electrons. The van der Waals surface area contributed by atoms with Gasteiger partial charge in [0, 0.05) is 23.7 Å². The molecule has 0 saturated heterocycles. The highest BCUT2D eigenvalue weighted by Crippen LogP contribution is 2.47. The number of fused-ring (bicyclic) bond motifs is 2. The lowest BCUT2D eigenvalue weighted by molar-refractivity contribution is -0.137. The first-order valence-electron chi connectivity index (χ1n) is 13.1. The average Bonchev–Trinajstić information content (AvgIpc) is 3.66. The SMILES string of the molecule is Br.COc1cc2c(c(F)c1OC)C(=N)N(CC(=O)c1cc3c(c(C(C)(C)C)c1)OCC(CC(=O)O)N3C1CC1)C2. The zero-order valence-electron chi connectivity index (χ0n) is 23.3. The van der Waals surface area contributed by atoms with E-state index in [9.17, 15) is 14.7 Å². The summed E-state index contributed by atoms with van der Waals surface area (Å²) in [6, 6.07) is 5.15. The molecule has 216 valence electrons. The largest absolute Gasteiger partial charge is 0.493 e. The summed E-state index contributed by atoms with van der Waals surface area (Å²) in [7, 11) is 2.76. The topological polar surface area (TPSA) is 112 Å². The number of carboxylic acids is 1. The van der Waals surface area contributed by atoms with Gasteiger partial charge < -0.3 is 29.1 Å². The summed E-state index contributed by atoms with van der Waals surface area (Å²) in [4.78, 5) is 29.0. The molecule has 2 N–H and O–H groups in total. The van der Waals surface area contributed by atoms with Crippen LogP contribution in [0.15, 0.2) is 18.2 Å². The van der Waals surface area contributed by atoms with Gasteiger partial charge in [0.25, 0.3) is 0 Å². The van der Waals surface area contributed by atoms with Gasteiger partial charge in [-0.2, -0.15) is 0 Å². The Hall–Kier alpha value is -3.34. The molecule has 2 aromatic rings. The van der Waals surface area contributed by atoms with Gasteiger partial charge in [-0.15, -0.1) is 17.0 Å². The number of ketones is 1. The zero-order chi connectivity index (χ0) is 28.2. The standard InChI is InChI=1S/C29H34FN3O6.BrH/c1-29(2,3)19-8-15(9-20-26(19)39-14-18(11-23(35)36)33(20)17-6-7-17)21(34)13-32-12-16-10-22(37-4)27(38-5)25(30)24(16)28(32)31;/h8-10,17-18,31H,6-7,11-14H2,1-5H3,(H,35,36);1H. The minimum atomic E-state index is -0.895. The summed E-state index contributed by atoms with van der Waals surface area (Å²) in [6.45, 7) is 6.47. The molecule has 9 nitrogen and oxygen atoms in total. The Bertz CT molecular complexity index is 1370. The predicted molar refractivity (Wildman–Crippen MR) is 154 cm³/mol. The van der Waals surface area contributed by atoms with Gasteiger partial charge in [0.2, 0.25) is 0 Å². The molecule has 2 aromatic carbocycles. The number of Topliss-reactive ketones (excluding diaryl/α,β-unsaturated/α-hetero) is 1. The third-order valence-electron chi connectivity index (χ3n) is 7.58. The Balaban J connectivity index is 0.00000370. The Morgan fingerprint density at radius 1 is 1.18 bits per heavy atom. The van der Waals surface area contributed by atoms with Crippen molar-refractivity contribution >= 4 is 40.3 Å². The first-order chi connectivity index (χ1) is 18.4. The minimum Gasteiger partial charge on any atom is -0.493 e. The average molecular weight is 621 g/mol. The zero-order valence-corrected chi connectivity index (χ0v) is 25.0. The van der Waals surface area contributed by atoms with E-state index < -0.39 is 11.8 Å². The highest BCUT2D eigenvalue weighted by molar-refractivity contribution is 8.93. The molecule has 2 aliphatic heterocycles. The van der Waals surface area contributed by atoms with Crippen molar-refractivity contribution in [3.63, 3.8) is 0 Å². The van der Waals surface area contributed by atoms with Crippen molar-refractivity contribution < 1.29 is 33.3 Å². The number of carboxylic acid groups (broad SMARTS) is 1. The summed E-state index contributed by atoms with van der Waals surface area (Å²) in [5, 5.41) is 18.1. The first kappa shape index (κ1) is 29.6. The summed E-state index contributed by atoms with van der Waals surface area (Å²) < 4.78 is 31.8. The maximum Gasteiger partial charge on any atom is 0.305 e. The van der Waals surface area contributed by atoms with Gasteiger partial charge in [-0.05, 0) is 42.0 Å². The lowest BCUT2D eigenvalue weighted by Gasteiger charge is -2.40. The molecular formula is C29H35BrFN3O6. The number of aliphatic carboxylic acids is 1. The molecule has 0 aromatic heterocycles. The molecule has 0 amide bonds. The number of rotatable bonds is 8. The van der Waals surface area contributed by atoms with Crippen LogP contribution in [0.4, 0.5) is 10.1 Å². The van der Waals surface area contributed by atoms with Crippen LogP contribution in [0.2, 0.25) is 0 Å². The van der Waals surface area contributed by atoms with Crippen LogP contribution >= 0.6 is 17.0 Å². The monoisotopic (exact) mass is 619 g/mol. The second-order valence-corrected chi connectivity index (χ2v) is 11.4. The Kier molecular flexibility index (Phi) is 8.08. The number of anilines is 1. The fraction of sp³-hybridized carbons (Fsp3) is 0.483. The van der Waals surface area contributed by atoms with Crippen LogP contribution in [0, 0.1) is 11.2 Å². The second kappa shape index (κ2) is 10.9. The van der Waals surface area contributed by atoms with E-state index in [0.717, 1.165) is 24.1 Å². The quantitative estimate of drug-likeness (QED) is 0.399. The summed E-state index contributed by atoms with van der Waals surface area (Å²) >= 11 is 0. The van der Waals surface area contributed by atoms with Crippen LogP contribution in [0.3, 0.4) is 0 Å². The molecular weight excluding hydrogens is 585 g/mol. The van der Waals surface area contributed by atoms with Crippen molar-refractivity contribution in [3.8, 4) is 17.2 Å². The predicted octanol–water partition coefficient (Wildman–Crippen LogP) is 4.95. The number of ether oxygens (including phenoxy) is 3. The van der Waals surface area contributed by atoms with Crippen LogP contribution < -0.4 is 19.1 Å². The summed E-state index contributed by atoms with van der Waals surface area (Å²) in [5.41, 5.74) is 2.36. The number of nitrogens with zero attached hydrogens (tertiary/aromatic N) is 2. The fourth-order valence-corrected chi connectivity index (χ4v) is 5.56. The van der Waals surface area contributed by atoms with Crippen molar-refractivity contribution in [1.29, 1.82) is 5.41 Å². The van der Waals surface area contributed by atoms with Crippen LogP contribution in [0.25, 0.3) is 0 Å². The van der Waals surface area contributed by atoms with E-state index in [-0.39, 0.29) is 89.3 Å². The first-order valence-corrected chi connectivity index (χ1v) is 13.1. The number of halogens is 2. The molecule has 2 heterocycles. The molecule has 1 unspecified atom stereocenters. The molecule has 0 bridgehead atoms. The number of carbonyl (C=O) groups excluding carboxylic acids is 1. The maximum atomic E-state index is 15.2. The Morgan fingerprint density at radius 3 is 2.45 bits per heavy atom. The van der Waals surface area contributed by atoms with Crippen molar-refractivity contribution in [1.82, 2.24) is 4.90 Å². The lowest BCUT2D eigenvalue weighted by atomic mass is 9.83. The van der Waals surface area contributed by atoms with Crippen molar-refractivity contribution in [3.05, 3.63) is 46.3 Å². The van der Waals surface area contributed by atoms with E-state index >= 15 is 4.39 Å². The number of amidine groups is 1. The molecule has 11 heteroatoms. The number of carbonyl (C=O) groups is 2. The van der Waals surface area contributed by atoms with Gasteiger partial charge in [-0.3, -0.25) is 15.0 Å². The molecule has 3 aliphatic rings. The number of benzene rings is 2. The van der Waals surface area contributed by atoms with Gasteiger partial charge >= 0.3 is 5.97 Å². The van der Waals surface area contributed by atoms with E-state index in [4.69, 9.17) is 19.6 Å². The van der Waals surface area contributed by atoms with Crippen LogP contribution in [0.1, 0.15) is 67.1 Å². The number of hydrogen-bond acceptors (Lipinski definition) is 7. The third-order valence-corrected chi connectivity index (χ3v) is 7.58. The molecule has 40 heavy (non-hydrogen) atoms. The number of hydrogen-bond donors (Lipinski definition) is 2. The highest BCUT2D eigenvalue weighted by atomic mass is 79.9. The van der Waals surface area contributed by atoms with Gasteiger partial charge in [-0.1, -0.05) is 20.8 Å². The lowest BCUT2D eigenvalue weighted by Crippen LogP contribution is -2.46. The van der Waals surface area contributed by atoms with E-state index in [1.54, 1.807) is 12.1 Å². The maximum absolute atomic E-state index is 15.2. The van der Waals surface area contributed by atoms with E-state index in [1.807, 2.05) is 26.8 Å². The van der Waals surface area contributed by atoms with Crippen molar-refractivity contribution in [2.24, 2.45) is 0 Å². The van der Waals surface area contributed by atoms with Gasteiger partial charge in [0.15, 0.2) is 23.1 Å². The smallest absolute Gasteiger partial charge is 0.305 e. The summed E-state index contributed by atoms with van der Waals surface area (Å²) in [5.74, 6) is -1.04. The second-order valence-electron chi connectivity index (χ2n) is 11.4. The van der Waals surface area contributed by atoms with Gasteiger partial charge in [0.1, 0.15) is 18.2 Å². The number of methoxy groups -OCH3 is 2. The highest BCUT2D eigenvalue weighted by Gasteiger charge is 2.42. The molecule has 5 rings (SSSR count). The van der Waals surface area contributed by atoms with Crippen LogP contribution in [0.5, 0.6) is 17.2 Å². The Labute approximate surface area is 243 Å². The van der Waals surface area contributed by atoms with E-state index in [1.165, 1.54) is 19.1 Å². The van der Waals surface area contributed by atoms with E-state index in [0.29, 0.717) is 16.9 Å². The molecule has 0 spiro atoms. The molecule has 1 atom stereocenters. The molecule has 1 saturated carbocycles. The van der Waals surface area contributed by atoms with Crippen LogP contribution in [-0.4, -0.2) is 67.0 Å². The van der Waals surface area contributed by atoms with Crippen LogP contribution in [-0.2, 0) is 16.8 Å². The van der Waals surface area contributed by atoms with Crippen molar-refractivity contribution in [2.75, 3.05) is 32.3 Å².